The Balaban J connectivity index is 1.57. The number of hydrogen-bond acceptors (Lipinski definition) is 4. The lowest BCUT2D eigenvalue weighted by atomic mass is 10.1. The van der Waals surface area contributed by atoms with Gasteiger partial charge in [-0.25, -0.2) is 0 Å². The number of nitrogens with zero attached hydrogens (tertiary/aromatic N) is 1. The van der Waals surface area contributed by atoms with Crippen molar-refractivity contribution in [2.24, 2.45) is 0 Å². The molecular weight excluding hydrogens is 282 g/mol. The van der Waals surface area contributed by atoms with Crippen LogP contribution in [0.25, 0.3) is 0 Å². The molecule has 1 fully saturated rings. The smallest absolute Gasteiger partial charge is 0.309 e. The van der Waals surface area contributed by atoms with E-state index >= 15 is 0 Å². The average Bonchev–Trinajstić information content (AvgIpc) is 2.56. The number of carbonyl (C=O) groups is 2. The molecule has 1 aromatic rings. The molecule has 2 rings (SSSR count). The highest BCUT2D eigenvalue weighted by molar-refractivity contribution is 6.35. The second kappa shape index (κ2) is 9.17. The van der Waals surface area contributed by atoms with Crippen molar-refractivity contribution >= 4 is 11.8 Å². The quantitative estimate of drug-likeness (QED) is 0.714. The van der Waals surface area contributed by atoms with E-state index in [0.29, 0.717) is 19.5 Å². The fourth-order valence-corrected chi connectivity index (χ4v) is 2.28. The first-order valence-electron chi connectivity index (χ1n) is 7.66. The minimum Gasteiger partial charge on any atom is -0.379 e. The van der Waals surface area contributed by atoms with E-state index in [1.165, 1.54) is 0 Å². The van der Waals surface area contributed by atoms with E-state index in [4.69, 9.17) is 4.74 Å². The predicted octanol–water partition coefficient (Wildman–Crippen LogP) is -0.206. The van der Waals surface area contributed by atoms with Crippen LogP contribution >= 0.6 is 0 Å². The summed E-state index contributed by atoms with van der Waals surface area (Å²) in [6.07, 6.45) is 0.716. The van der Waals surface area contributed by atoms with Gasteiger partial charge in [-0.3, -0.25) is 14.5 Å². The third kappa shape index (κ3) is 5.83. The van der Waals surface area contributed by atoms with Crippen LogP contribution in [0, 0.1) is 0 Å². The summed E-state index contributed by atoms with van der Waals surface area (Å²) in [6.45, 7) is 4.89. The minimum atomic E-state index is -0.571. The maximum atomic E-state index is 11.7. The number of amides is 2. The molecule has 0 bridgehead atoms. The lowest BCUT2D eigenvalue weighted by Gasteiger charge is -2.26. The number of hydrogen-bond donors (Lipinski definition) is 2. The van der Waals surface area contributed by atoms with Gasteiger partial charge in [-0.05, 0) is 12.0 Å². The Hall–Kier alpha value is -1.92. The summed E-state index contributed by atoms with van der Waals surface area (Å²) >= 11 is 0. The van der Waals surface area contributed by atoms with E-state index < -0.39 is 11.8 Å². The monoisotopic (exact) mass is 305 g/mol. The molecule has 0 atom stereocenters. The lowest BCUT2D eigenvalue weighted by molar-refractivity contribution is -0.139. The maximum absolute atomic E-state index is 11.7. The van der Waals surface area contributed by atoms with Crippen LogP contribution < -0.4 is 10.6 Å². The van der Waals surface area contributed by atoms with Gasteiger partial charge in [0.15, 0.2) is 0 Å². The third-order valence-corrected chi connectivity index (χ3v) is 3.57. The van der Waals surface area contributed by atoms with Crippen LogP contribution in [0.3, 0.4) is 0 Å². The van der Waals surface area contributed by atoms with E-state index in [-0.39, 0.29) is 0 Å². The van der Waals surface area contributed by atoms with Crippen molar-refractivity contribution in [2.45, 2.75) is 6.42 Å². The van der Waals surface area contributed by atoms with Crippen LogP contribution in [0.4, 0.5) is 0 Å². The van der Waals surface area contributed by atoms with Crippen LogP contribution in [0.15, 0.2) is 30.3 Å². The van der Waals surface area contributed by atoms with E-state index in [1.54, 1.807) is 0 Å². The summed E-state index contributed by atoms with van der Waals surface area (Å²) in [5, 5.41) is 5.28. The zero-order chi connectivity index (χ0) is 15.6. The Morgan fingerprint density at radius 1 is 1.00 bits per heavy atom. The highest BCUT2D eigenvalue weighted by atomic mass is 16.5. The van der Waals surface area contributed by atoms with Crippen molar-refractivity contribution in [1.29, 1.82) is 0 Å². The van der Waals surface area contributed by atoms with Gasteiger partial charge in [-0.15, -0.1) is 0 Å². The molecule has 2 amide bonds. The molecule has 1 aromatic carbocycles. The zero-order valence-corrected chi connectivity index (χ0v) is 12.7. The second-order valence-corrected chi connectivity index (χ2v) is 5.20. The zero-order valence-electron chi connectivity index (χ0n) is 12.7. The van der Waals surface area contributed by atoms with Gasteiger partial charge in [-0.2, -0.15) is 0 Å². The maximum Gasteiger partial charge on any atom is 0.309 e. The van der Waals surface area contributed by atoms with Gasteiger partial charge in [0.2, 0.25) is 0 Å². The number of morpholine rings is 1. The summed E-state index contributed by atoms with van der Waals surface area (Å²) in [5.74, 6) is -1.14. The topological polar surface area (TPSA) is 70.7 Å². The first-order chi connectivity index (χ1) is 10.8. The molecule has 1 heterocycles. The summed E-state index contributed by atoms with van der Waals surface area (Å²) in [5.41, 5.74) is 1.13. The Kier molecular flexibility index (Phi) is 6.86. The molecule has 120 valence electrons. The molecule has 2 N–H and O–H groups in total. The highest BCUT2D eigenvalue weighted by Gasteiger charge is 2.14. The van der Waals surface area contributed by atoms with Crippen molar-refractivity contribution in [1.82, 2.24) is 15.5 Å². The van der Waals surface area contributed by atoms with Gasteiger partial charge in [0.25, 0.3) is 0 Å². The first kappa shape index (κ1) is 16.5. The van der Waals surface area contributed by atoms with Crippen LogP contribution in [-0.2, 0) is 20.7 Å². The van der Waals surface area contributed by atoms with E-state index in [0.717, 1.165) is 38.4 Å². The number of rotatable bonds is 6. The van der Waals surface area contributed by atoms with E-state index in [1.807, 2.05) is 30.3 Å². The van der Waals surface area contributed by atoms with Crippen LogP contribution in [0.5, 0.6) is 0 Å². The Labute approximate surface area is 130 Å². The normalized spacial score (nSPS) is 15.3. The van der Waals surface area contributed by atoms with Crippen LogP contribution in [0.1, 0.15) is 5.56 Å². The standard InChI is InChI=1S/C16H23N3O3/c20-15(17-7-6-14-4-2-1-3-5-14)16(21)18-8-9-19-10-12-22-13-11-19/h1-5H,6-13H2,(H,17,20)(H,18,21). The SMILES string of the molecule is O=C(NCCc1ccccc1)C(=O)NCCN1CCOCC1. The molecule has 6 heteroatoms. The molecule has 1 saturated heterocycles. The van der Waals surface area contributed by atoms with Gasteiger partial charge in [0.1, 0.15) is 0 Å². The number of benzene rings is 1. The van der Waals surface area contributed by atoms with Crippen molar-refractivity contribution in [3.63, 3.8) is 0 Å². The molecule has 0 unspecified atom stereocenters. The van der Waals surface area contributed by atoms with Crippen molar-refractivity contribution in [3.8, 4) is 0 Å². The van der Waals surface area contributed by atoms with Gasteiger partial charge >= 0.3 is 11.8 Å². The fraction of sp³-hybridized carbons (Fsp3) is 0.500. The Bertz CT molecular complexity index is 473. The summed E-state index contributed by atoms with van der Waals surface area (Å²) in [4.78, 5) is 25.5. The second-order valence-electron chi connectivity index (χ2n) is 5.20. The van der Waals surface area contributed by atoms with E-state index in [9.17, 15) is 9.59 Å². The molecular formula is C16H23N3O3. The molecule has 1 aliphatic heterocycles. The first-order valence-corrected chi connectivity index (χ1v) is 7.66. The third-order valence-electron chi connectivity index (χ3n) is 3.57. The molecule has 0 aromatic heterocycles. The highest BCUT2D eigenvalue weighted by Crippen LogP contribution is 1.98. The number of carbonyl (C=O) groups excluding carboxylic acids is 2. The van der Waals surface area contributed by atoms with Crippen LogP contribution in [-0.4, -0.2) is 62.7 Å². The Morgan fingerprint density at radius 2 is 1.64 bits per heavy atom. The van der Waals surface area contributed by atoms with E-state index in [2.05, 4.69) is 15.5 Å². The summed E-state index contributed by atoms with van der Waals surface area (Å²) < 4.78 is 5.25. The lowest BCUT2D eigenvalue weighted by Crippen LogP contribution is -2.45. The van der Waals surface area contributed by atoms with Crippen LogP contribution in [0.2, 0.25) is 0 Å². The average molecular weight is 305 g/mol. The molecule has 1 aliphatic rings. The molecule has 22 heavy (non-hydrogen) atoms. The molecule has 0 aliphatic carbocycles. The molecule has 0 spiro atoms. The largest absolute Gasteiger partial charge is 0.379 e. The molecule has 0 radical (unpaired) electrons. The van der Waals surface area contributed by atoms with Crippen molar-refractivity contribution < 1.29 is 14.3 Å². The minimum absolute atomic E-state index is 0.458. The van der Waals surface area contributed by atoms with Gasteiger partial charge in [0.05, 0.1) is 13.2 Å². The van der Waals surface area contributed by atoms with Gasteiger partial charge in [-0.1, -0.05) is 30.3 Å². The molecule has 6 nitrogen and oxygen atoms in total. The van der Waals surface area contributed by atoms with Crippen molar-refractivity contribution in [2.75, 3.05) is 45.9 Å². The summed E-state index contributed by atoms with van der Waals surface area (Å²) in [7, 11) is 0. The fourth-order valence-electron chi connectivity index (χ4n) is 2.28. The van der Waals surface area contributed by atoms with Crippen molar-refractivity contribution in [3.05, 3.63) is 35.9 Å². The van der Waals surface area contributed by atoms with Gasteiger partial charge in [0, 0.05) is 32.7 Å². The predicted molar refractivity (Wildman–Crippen MR) is 83.4 cm³/mol. The molecule has 0 saturated carbocycles. The van der Waals surface area contributed by atoms with Gasteiger partial charge < -0.3 is 15.4 Å². The Morgan fingerprint density at radius 3 is 2.32 bits per heavy atom. The number of nitrogens with one attached hydrogen (secondary N) is 2. The summed E-state index contributed by atoms with van der Waals surface area (Å²) in [6, 6.07) is 9.85. The number of ether oxygens (including phenoxy) is 1.